The number of imidazole rings is 1. The Morgan fingerprint density at radius 3 is 2.26 bits per heavy atom. The van der Waals surface area contributed by atoms with Crippen LogP contribution in [0.1, 0.15) is 38.8 Å². The van der Waals surface area contributed by atoms with Crippen LogP contribution in [0.5, 0.6) is 6.01 Å². The van der Waals surface area contributed by atoms with Gasteiger partial charge in [0.2, 0.25) is 7.44 Å². The summed E-state index contributed by atoms with van der Waals surface area (Å²) >= 11 is 0. The molecular formula is C26H38N7O8P. The van der Waals surface area contributed by atoms with Gasteiger partial charge in [-0.3, -0.25) is 18.7 Å². The summed E-state index contributed by atoms with van der Waals surface area (Å²) in [5.41, 5.74) is 7.42. The third-order valence-electron chi connectivity index (χ3n) is 5.97. The van der Waals surface area contributed by atoms with E-state index in [-0.39, 0.29) is 55.5 Å². The summed E-state index contributed by atoms with van der Waals surface area (Å²) in [7, 11) is -2.08. The Kier molecular flexibility index (Phi) is 11.6. The molecule has 2 aromatic heterocycles. The molecular weight excluding hydrogens is 569 g/mol. The number of rotatable bonds is 16. The van der Waals surface area contributed by atoms with Crippen molar-refractivity contribution in [3.63, 3.8) is 0 Å². The predicted molar refractivity (Wildman–Crippen MR) is 155 cm³/mol. The second kappa shape index (κ2) is 14.9. The van der Waals surface area contributed by atoms with Crippen LogP contribution < -0.4 is 26.3 Å². The fraction of sp³-hybridized carbons (Fsp3) is 0.500. The summed E-state index contributed by atoms with van der Waals surface area (Å²) in [5, 5.41) is 5.67. The Morgan fingerprint density at radius 1 is 1.05 bits per heavy atom. The SMILES string of the molecule is CCOC(=O)[C@H](C)NP(=O)(Cc1cccc(Cn2c(=O)[nH]c3c(N)nc(OCCOC)nc32)c1)N[C@@H](C)C(=O)OCC. The molecule has 0 amide bonds. The molecule has 1 aromatic carbocycles. The number of carbonyl (C=O) groups excluding carboxylic acids is 2. The average molecular weight is 608 g/mol. The van der Waals surface area contributed by atoms with Crippen molar-refractivity contribution >= 4 is 36.4 Å². The third-order valence-corrected chi connectivity index (χ3v) is 8.39. The number of nitrogens with one attached hydrogen (secondary N) is 3. The molecule has 16 heteroatoms. The number of methoxy groups -OCH3 is 1. The van der Waals surface area contributed by atoms with E-state index in [1.165, 1.54) is 25.5 Å². The highest BCUT2D eigenvalue weighted by Gasteiger charge is 2.32. The van der Waals surface area contributed by atoms with E-state index < -0.39 is 37.2 Å². The van der Waals surface area contributed by atoms with Crippen LogP contribution in [0.15, 0.2) is 29.1 Å². The first-order valence-corrected chi connectivity index (χ1v) is 15.3. The second-order valence-corrected chi connectivity index (χ2v) is 11.7. The molecule has 0 saturated carbocycles. The number of fused-ring (bicyclic) bond motifs is 1. The summed E-state index contributed by atoms with van der Waals surface area (Å²) in [6.45, 7) is 7.34. The molecule has 0 bridgehead atoms. The zero-order valence-corrected chi connectivity index (χ0v) is 25.2. The first-order valence-electron chi connectivity index (χ1n) is 13.4. The highest BCUT2D eigenvalue weighted by molar-refractivity contribution is 7.59. The Balaban J connectivity index is 1.89. The van der Waals surface area contributed by atoms with Crippen molar-refractivity contribution in [2.24, 2.45) is 0 Å². The molecule has 15 nitrogen and oxygen atoms in total. The van der Waals surface area contributed by atoms with Gasteiger partial charge in [-0.15, -0.1) is 0 Å². The van der Waals surface area contributed by atoms with Gasteiger partial charge >= 0.3 is 23.6 Å². The van der Waals surface area contributed by atoms with Gasteiger partial charge in [0.05, 0.1) is 32.5 Å². The van der Waals surface area contributed by atoms with E-state index in [0.717, 1.165) is 0 Å². The molecule has 3 rings (SSSR count). The van der Waals surface area contributed by atoms with E-state index in [4.69, 9.17) is 24.7 Å². The fourth-order valence-corrected chi connectivity index (χ4v) is 6.55. The smallest absolute Gasteiger partial charge is 0.328 e. The lowest BCUT2D eigenvalue weighted by molar-refractivity contribution is -0.145. The molecule has 0 aliphatic heterocycles. The lowest BCUT2D eigenvalue weighted by atomic mass is 10.1. The molecule has 0 aliphatic rings. The number of hydrogen-bond acceptors (Lipinski definition) is 11. The van der Waals surface area contributed by atoms with Crippen LogP contribution in [0.2, 0.25) is 0 Å². The van der Waals surface area contributed by atoms with Gasteiger partial charge in [-0.2, -0.15) is 9.97 Å². The van der Waals surface area contributed by atoms with Crippen LogP contribution in [-0.2, 0) is 41.1 Å². The Labute approximate surface area is 243 Å². The van der Waals surface area contributed by atoms with E-state index in [1.807, 2.05) is 0 Å². The highest BCUT2D eigenvalue weighted by atomic mass is 31.2. The summed E-state index contributed by atoms with van der Waals surface area (Å²) < 4.78 is 36.0. The van der Waals surface area contributed by atoms with Crippen molar-refractivity contribution in [1.29, 1.82) is 0 Å². The molecule has 0 spiro atoms. The van der Waals surface area contributed by atoms with Crippen LogP contribution in [-0.4, -0.2) is 77.1 Å². The third kappa shape index (κ3) is 8.61. The van der Waals surface area contributed by atoms with E-state index in [0.29, 0.717) is 17.7 Å². The van der Waals surface area contributed by atoms with Gasteiger partial charge in [0.1, 0.15) is 24.2 Å². The van der Waals surface area contributed by atoms with E-state index >= 15 is 0 Å². The standard InChI is InChI=1S/C26H38N7O8P/c1-6-39-23(34)16(3)31-42(37,32-17(4)24(35)40-7-2)15-19-10-8-9-18(13-19)14-33-22-20(28-26(33)36)21(27)29-25(30-22)41-12-11-38-5/h8-10,13,16-17H,6-7,11-12,14-15H2,1-5H3,(H,28,36)(H2,27,29,30)(H2,31,32,37)/t16-,17-/m0/s1. The number of hydrogen-bond donors (Lipinski definition) is 4. The van der Waals surface area contributed by atoms with Gasteiger partial charge in [-0.1, -0.05) is 24.3 Å². The average Bonchev–Trinajstić information content (AvgIpc) is 3.24. The van der Waals surface area contributed by atoms with Gasteiger partial charge in [-0.05, 0) is 38.8 Å². The first kappa shape index (κ1) is 32.7. The molecule has 2 heterocycles. The van der Waals surface area contributed by atoms with Gasteiger partial charge in [0, 0.05) is 7.11 Å². The van der Waals surface area contributed by atoms with Gasteiger partial charge in [0.25, 0.3) is 0 Å². The van der Waals surface area contributed by atoms with Crippen LogP contribution in [0.25, 0.3) is 11.2 Å². The number of carbonyl (C=O) groups is 2. The van der Waals surface area contributed by atoms with Crippen molar-refractivity contribution in [1.82, 2.24) is 29.7 Å². The molecule has 0 radical (unpaired) electrons. The zero-order chi connectivity index (χ0) is 30.9. The lowest BCUT2D eigenvalue weighted by Crippen LogP contribution is -2.42. The lowest BCUT2D eigenvalue weighted by Gasteiger charge is -2.26. The number of nitrogens with zero attached hydrogens (tertiary/aromatic N) is 3. The van der Waals surface area contributed by atoms with Gasteiger partial charge in [0.15, 0.2) is 11.5 Å². The molecule has 3 aromatic rings. The van der Waals surface area contributed by atoms with E-state index in [9.17, 15) is 18.9 Å². The van der Waals surface area contributed by atoms with Gasteiger partial charge < -0.3 is 29.7 Å². The maximum absolute atomic E-state index is 14.1. The quantitative estimate of drug-likeness (QED) is 0.104. The molecule has 2 atom stereocenters. The van der Waals surface area contributed by atoms with Crippen LogP contribution in [0.4, 0.5) is 5.82 Å². The summed E-state index contributed by atoms with van der Waals surface area (Å²) in [5.74, 6) is -1.10. The van der Waals surface area contributed by atoms with Crippen molar-refractivity contribution in [3.8, 4) is 6.01 Å². The number of anilines is 1. The zero-order valence-electron chi connectivity index (χ0n) is 24.3. The normalized spacial score (nSPS) is 13.1. The first-order chi connectivity index (χ1) is 20.0. The van der Waals surface area contributed by atoms with Crippen LogP contribution in [0, 0.1) is 0 Å². The Morgan fingerprint density at radius 2 is 1.67 bits per heavy atom. The molecule has 5 N–H and O–H groups in total. The summed E-state index contributed by atoms with van der Waals surface area (Å²) in [6, 6.07) is 5.23. The predicted octanol–water partition coefficient (Wildman–Crippen LogP) is 1.55. The molecule has 0 unspecified atom stereocenters. The summed E-state index contributed by atoms with van der Waals surface area (Å²) in [4.78, 5) is 48.5. The monoisotopic (exact) mass is 607 g/mol. The van der Waals surface area contributed by atoms with Crippen molar-refractivity contribution in [2.75, 3.05) is 39.3 Å². The number of benzene rings is 1. The minimum Gasteiger partial charge on any atom is -0.465 e. The van der Waals surface area contributed by atoms with E-state index in [2.05, 4.69) is 25.1 Å². The van der Waals surface area contributed by atoms with Gasteiger partial charge in [-0.25, -0.2) is 15.0 Å². The van der Waals surface area contributed by atoms with Crippen molar-refractivity contribution in [3.05, 3.63) is 45.9 Å². The van der Waals surface area contributed by atoms with Crippen molar-refractivity contribution < 1.29 is 33.1 Å². The number of H-pyrrole nitrogens is 1. The largest absolute Gasteiger partial charge is 0.465 e. The molecule has 0 saturated heterocycles. The maximum atomic E-state index is 14.1. The number of nitrogen functional groups attached to an aromatic ring is 1. The summed E-state index contributed by atoms with van der Waals surface area (Å²) in [6.07, 6.45) is -0.0658. The molecule has 0 fully saturated rings. The minimum atomic E-state index is -3.61. The molecule has 230 valence electrons. The Bertz CT molecular complexity index is 1460. The molecule has 42 heavy (non-hydrogen) atoms. The second-order valence-electron chi connectivity index (χ2n) is 9.37. The maximum Gasteiger partial charge on any atom is 0.328 e. The molecule has 0 aliphatic carbocycles. The number of ether oxygens (including phenoxy) is 4. The van der Waals surface area contributed by atoms with Crippen LogP contribution >= 0.6 is 7.44 Å². The number of nitrogens with two attached hydrogens (primary N) is 1. The number of aromatic amines is 1. The number of esters is 2. The highest BCUT2D eigenvalue weighted by Crippen LogP contribution is 2.42. The minimum absolute atomic E-state index is 0.00285. The Hall–Kier alpha value is -3.78. The van der Waals surface area contributed by atoms with Crippen LogP contribution in [0.3, 0.4) is 0 Å². The van der Waals surface area contributed by atoms with Crippen molar-refractivity contribution in [2.45, 2.75) is 52.5 Å². The van der Waals surface area contributed by atoms with E-state index in [1.54, 1.807) is 38.1 Å². The topological polar surface area (TPSA) is 202 Å². The fourth-order valence-electron chi connectivity index (χ4n) is 4.12. The number of aromatic nitrogens is 4.